The normalized spacial score (nSPS) is 13.0. The van der Waals surface area contributed by atoms with E-state index in [4.69, 9.17) is 11.1 Å². The smallest absolute Gasteiger partial charge is 0.242 e. The van der Waals surface area contributed by atoms with Crippen LogP contribution in [-0.2, 0) is 32.6 Å². The lowest BCUT2D eigenvalue weighted by atomic mass is 10.1. The molecule has 0 saturated carbocycles. The molecule has 0 bridgehead atoms. The number of thioether (sulfide) groups is 1. The van der Waals surface area contributed by atoms with E-state index in [2.05, 4.69) is 15.4 Å². The number of rotatable bonds is 14. The first-order valence-corrected chi connectivity index (χ1v) is 14.2. The van der Waals surface area contributed by atoms with Crippen LogP contribution in [0.5, 0.6) is 0 Å². The SMILES string of the molecule is CCS(=O)(=O)NC(Cc1ccccc1)C(=O)NC(CCSC)C(=O)NCc1ccc(C(=N)N)cc1. The highest BCUT2D eigenvalue weighted by Crippen LogP contribution is 2.08. The topological polar surface area (TPSA) is 154 Å². The summed E-state index contributed by atoms with van der Waals surface area (Å²) in [4.78, 5) is 26.1. The maximum atomic E-state index is 13.1. The Kier molecular flexibility index (Phi) is 11.2. The van der Waals surface area contributed by atoms with Crippen LogP contribution in [-0.4, -0.2) is 55.9 Å². The van der Waals surface area contributed by atoms with Crippen LogP contribution in [0, 0.1) is 5.41 Å². The molecule has 35 heavy (non-hydrogen) atoms. The number of hydrogen-bond acceptors (Lipinski definition) is 6. The van der Waals surface area contributed by atoms with Crippen molar-refractivity contribution in [1.82, 2.24) is 15.4 Å². The first-order chi connectivity index (χ1) is 16.6. The molecule has 2 unspecified atom stereocenters. The third kappa shape index (κ3) is 9.71. The number of amides is 2. The van der Waals surface area contributed by atoms with Crippen LogP contribution in [0.3, 0.4) is 0 Å². The highest BCUT2D eigenvalue weighted by Gasteiger charge is 2.28. The van der Waals surface area contributed by atoms with Gasteiger partial charge in [0, 0.05) is 12.1 Å². The standard InChI is InChI=1S/C24H33N5O4S2/c1-3-35(32,33)29-21(15-17-7-5-4-6-8-17)24(31)28-20(13-14-34-2)23(30)27-16-18-9-11-19(12-10-18)22(25)26/h4-12,20-21,29H,3,13-16H2,1-2H3,(H3,25,26)(H,27,30)(H,28,31). The largest absolute Gasteiger partial charge is 0.384 e. The van der Waals surface area contributed by atoms with Crippen LogP contribution >= 0.6 is 11.8 Å². The monoisotopic (exact) mass is 519 g/mol. The summed E-state index contributed by atoms with van der Waals surface area (Å²) in [5.74, 6) is -0.484. The molecule has 0 saturated heterocycles. The number of sulfonamides is 1. The van der Waals surface area contributed by atoms with E-state index in [1.165, 1.54) is 6.92 Å². The summed E-state index contributed by atoms with van der Waals surface area (Å²) < 4.78 is 26.9. The van der Waals surface area contributed by atoms with Gasteiger partial charge in [0.25, 0.3) is 0 Å². The van der Waals surface area contributed by atoms with Gasteiger partial charge in [0.2, 0.25) is 21.8 Å². The quantitative estimate of drug-likeness (QED) is 0.188. The zero-order chi connectivity index (χ0) is 25.8. The van der Waals surface area contributed by atoms with E-state index in [-0.39, 0.29) is 30.5 Å². The molecule has 2 aromatic carbocycles. The fourth-order valence-corrected chi connectivity index (χ4v) is 4.49. The van der Waals surface area contributed by atoms with Crippen LogP contribution < -0.4 is 21.1 Å². The van der Waals surface area contributed by atoms with Crippen molar-refractivity contribution in [1.29, 1.82) is 5.41 Å². The molecule has 2 amide bonds. The molecule has 2 rings (SSSR count). The van der Waals surface area contributed by atoms with Gasteiger partial charge in [0.15, 0.2) is 0 Å². The molecular weight excluding hydrogens is 486 g/mol. The first kappa shape index (κ1) is 28.3. The van der Waals surface area contributed by atoms with Crippen molar-refractivity contribution >= 4 is 39.4 Å². The number of amidine groups is 1. The molecule has 11 heteroatoms. The molecular formula is C24H33N5O4S2. The van der Waals surface area contributed by atoms with Gasteiger partial charge in [-0.15, -0.1) is 0 Å². The molecule has 9 nitrogen and oxygen atoms in total. The Morgan fingerprint density at radius 1 is 1.00 bits per heavy atom. The third-order valence-electron chi connectivity index (χ3n) is 5.28. The Morgan fingerprint density at radius 3 is 2.23 bits per heavy atom. The van der Waals surface area contributed by atoms with E-state index < -0.39 is 28.0 Å². The van der Waals surface area contributed by atoms with Crippen LogP contribution in [0.25, 0.3) is 0 Å². The molecule has 0 spiro atoms. The summed E-state index contributed by atoms with van der Waals surface area (Å²) in [6, 6.07) is 14.2. The molecule has 0 aliphatic heterocycles. The summed E-state index contributed by atoms with van der Waals surface area (Å²) in [5, 5.41) is 13.0. The predicted molar refractivity (Wildman–Crippen MR) is 141 cm³/mol. The van der Waals surface area contributed by atoms with Crippen LogP contribution in [0.1, 0.15) is 30.0 Å². The zero-order valence-corrected chi connectivity index (χ0v) is 21.5. The Morgan fingerprint density at radius 2 is 1.66 bits per heavy atom. The Bertz CT molecular complexity index is 1090. The van der Waals surface area contributed by atoms with E-state index in [0.29, 0.717) is 17.7 Å². The highest BCUT2D eigenvalue weighted by molar-refractivity contribution is 7.98. The lowest BCUT2D eigenvalue weighted by Gasteiger charge is -2.23. The maximum Gasteiger partial charge on any atom is 0.242 e. The molecule has 190 valence electrons. The predicted octanol–water partition coefficient (Wildman–Crippen LogP) is 1.38. The summed E-state index contributed by atoms with van der Waals surface area (Å²) in [5.41, 5.74) is 7.67. The number of nitrogen functional groups attached to an aromatic ring is 1. The van der Waals surface area contributed by atoms with Crippen LogP contribution in [0.2, 0.25) is 0 Å². The second-order valence-corrected chi connectivity index (χ2v) is 11.0. The third-order valence-corrected chi connectivity index (χ3v) is 7.32. The minimum absolute atomic E-state index is 0.0378. The summed E-state index contributed by atoms with van der Waals surface area (Å²) >= 11 is 1.54. The summed E-state index contributed by atoms with van der Waals surface area (Å²) in [6.45, 7) is 1.73. The molecule has 6 N–H and O–H groups in total. The van der Waals surface area contributed by atoms with Crippen molar-refractivity contribution in [2.24, 2.45) is 5.73 Å². The summed E-state index contributed by atoms with van der Waals surface area (Å²) in [6.07, 6.45) is 2.45. The fraction of sp³-hybridized carbons (Fsp3) is 0.375. The molecule has 2 atom stereocenters. The van der Waals surface area contributed by atoms with Crippen LogP contribution in [0.15, 0.2) is 54.6 Å². The van der Waals surface area contributed by atoms with Crippen molar-refractivity contribution in [3.63, 3.8) is 0 Å². The van der Waals surface area contributed by atoms with Gasteiger partial charge in [-0.3, -0.25) is 15.0 Å². The van der Waals surface area contributed by atoms with Gasteiger partial charge in [0.1, 0.15) is 17.9 Å². The van der Waals surface area contributed by atoms with Crippen LogP contribution in [0.4, 0.5) is 0 Å². The number of benzene rings is 2. The highest BCUT2D eigenvalue weighted by atomic mass is 32.2. The van der Waals surface area contributed by atoms with Crippen molar-refractivity contribution < 1.29 is 18.0 Å². The minimum Gasteiger partial charge on any atom is -0.384 e. The van der Waals surface area contributed by atoms with Gasteiger partial charge >= 0.3 is 0 Å². The molecule has 0 heterocycles. The van der Waals surface area contributed by atoms with Gasteiger partial charge in [0.05, 0.1) is 5.75 Å². The van der Waals surface area contributed by atoms with E-state index in [0.717, 1.165) is 11.1 Å². The Hall–Kier alpha value is -2.89. The first-order valence-electron chi connectivity index (χ1n) is 11.2. The van der Waals surface area contributed by atoms with Gasteiger partial charge in [-0.2, -0.15) is 11.8 Å². The van der Waals surface area contributed by atoms with Crippen molar-refractivity contribution in [3.8, 4) is 0 Å². The zero-order valence-electron chi connectivity index (χ0n) is 19.9. The molecule has 2 aromatic rings. The number of hydrogen-bond donors (Lipinski definition) is 5. The lowest BCUT2D eigenvalue weighted by molar-refractivity contribution is -0.129. The van der Waals surface area contributed by atoms with E-state index in [9.17, 15) is 18.0 Å². The van der Waals surface area contributed by atoms with E-state index >= 15 is 0 Å². The molecule has 0 aromatic heterocycles. The van der Waals surface area contributed by atoms with Crippen molar-refractivity contribution in [2.45, 2.75) is 38.4 Å². The number of nitrogens with two attached hydrogens (primary N) is 1. The minimum atomic E-state index is -3.65. The second kappa shape index (κ2) is 13.9. The van der Waals surface area contributed by atoms with E-state index in [1.54, 1.807) is 36.0 Å². The number of carbonyl (C=O) groups is 2. The molecule has 0 aliphatic carbocycles. The lowest BCUT2D eigenvalue weighted by Crippen LogP contribution is -2.54. The fourth-order valence-electron chi connectivity index (χ4n) is 3.23. The average molecular weight is 520 g/mol. The maximum absolute atomic E-state index is 13.1. The molecule has 0 radical (unpaired) electrons. The van der Waals surface area contributed by atoms with Crippen molar-refractivity contribution in [3.05, 3.63) is 71.3 Å². The van der Waals surface area contributed by atoms with Crippen molar-refractivity contribution in [2.75, 3.05) is 17.8 Å². The number of carbonyl (C=O) groups excluding carboxylic acids is 2. The second-order valence-electron chi connectivity index (χ2n) is 7.93. The van der Waals surface area contributed by atoms with Gasteiger partial charge in [-0.25, -0.2) is 13.1 Å². The van der Waals surface area contributed by atoms with Gasteiger partial charge in [-0.05, 0) is 42.9 Å². The van der Waals surface area contributed by atoms with E-state index in [1.807, 2.05) is 36.6 Å². The Balaban J connectivity index is 2.11. The van der Waals surface area contributed by atoms with Gasteiger partial charge < -0.3 is 16.4 Å². The molecule has 0 aliphatic rings. The molecule has 0 fully saturated rings. The Labute approximate surface area is 211 Å². The van der Waals surface area contributed by atoms with Gasteiger partial charge in [-0.1, -0.05) is 54.6 Å². The average Bonchev–Trinajstić information content (AvgIpc) is 2.85. The number of nitrogens with one attached hydrogen (secondary N) is 4. The summed E-state index contributed by atoms with van der Waals surface area (Å²) in [7, 11) is -3.65.